The fourth-order valence-electron chi connectivity index (χ4n) is 2.32. The number of hydrogen-bond acceptors (Lipinski definition) is 7. The summed E-state index contributed by atoms with van der Waals surface area (Å²) >= 11 is 0. The Morgan fingerprint density at radius 3 is 2.28 bits per heavy atom. The first-order valence-electron chi connectivity index (χ1n) is 9.49. The number of rotatable bonds is 13. The van der Waals surface area contributed by atoms with E-state index in [1.54, 1.807) is 0 Å². The lowest BCUT2D eigenvalue weighted by molar-refractivity contribution is -0.124. The monoisotopic (exact) mass is 404 g/mol. The van der Waals surface area contributed by atoms with E-state index in [-0.39, 0.29) is 24.4 Å². The minimum absolute atomic E-state index is 0.0107. The van der Waals surface area contributed by atoms with E-state index in [1.165, 1.54) is 24.3 Å². The van der Waals surface area contributed by atoms with Crippen LogP contribution in [0, 0.1) is 0 Å². The van der Waals surface area contributed by atoms with Gasteiger partial charge in [0.15, 0.2) is 18.2 Å². The minimum atomic E-state index is -0.803. The number of likely N-dealkylation sites (N-methyl/N-ethyl adjacent to an activating group) is 1. The zero-order chi connectivity index (χ0) is 21.6. The van der Waals surface area contributed by atoms with Crippen molar-refractivity contribution in [2.24, 2.45) is 0 Å². The summed E-state index contributed by atoms with van der Waals surface area (Å²) in [4.78, 5) is 48.5. The first-order chi connectivity index (χ1) is 13.9. The van der Waals surface area contributed by atoms with E-state index in [0.29, 0.717) is 24.4 Å². The van der Waals surface area contributed by atoms with E-state index in [9.17, 15) is 19.2 Å². The Bertz CT molecular complexity index is 710. The molecule has 1 amide bonds. The number of amides is 1. The maximum absolute atomic E-state index is 12.0. The van der Waals surface area contributed by atoms with Crippen molar-refractivity contribution in [3.8, 4) is 0 Å². The van der Waals surface area contributed by atoms with Gasteiger partial charge in [0, 0.05) is 25.1 Å². The number of nitrogens with zero attached hydrogens (tertiary/aromatic N) is 1. The second-order valence-corrected chi connectivity index (χ2v) is 6.15. The normalized spacial score (nSPS) is 10.3. The van der Waals surface area contributed by atoms with Gasteiger partial charge >= 0.3 is 12.1 Å². The molecule has 0 aliphatic rings. The van der Waals surface area contributed by atoms with E-state index in [2.05, 4.69) is 16.8 Å². The maximum Gasteiger partial charge on any atom is 0.412 e. The van der Waals surface area contributed by atoms with E-state index in [1.807, 2.05) is 13.8 Å². The van der Waals surface area contributed by atoms with Gasteiger partial charge in [0.1, 0.15) is 6.61 Å². The third-order valence-electron chi connectivity index (χ3n) is 4.14. The number of nitrogens with one attached hydrogen (secondary N) is 1. The number of anilines is 1. The van der Waals surface area contributed by atoms with Gasteiger partial charge in [-0.15, -0.1) is 0 Å². The number of Topliss-reactive ketones (excluding diaryl/α,β-unsaturated/α-hetero) is 1. The number of benzene rings is 1. The van der Waals surface area contributed by atoms with Crippen LogP contribution >= 0.6 is 0 Å². The molecule has 0 spiro atoms. The molecule has 0 saturated heterocycles. The van der Waals surface area contributed by atoms with Gasteiger partial charge in [-0.05, 0) is 43.4 Å². The second-order valence-electron chi connectivity index (χ2n) is 6.15. The molecule has 0 saturated carbocycles. The molecular weight excluding hydrogens is 376 g/mol. The summed E-state index contributed by atoms with van der Waals surface area (Å²) in [6.07, 6.45) is 0.372. The number of carbonyl (C=O) groups excluding carboxylic acids is 4. The molecule has 8 heteroatoms. The van der Waals surface area contributed by atoms with Gasteiger partial charge in [0.05, 0.1) is 5.56 Å². The Morgan fingerprint density at radius 1 is 1.03 bits per heavy atom. The van der Waals surface area contributed by atoms with Crippen LogP contribution in [-0.2, 0) is 19.1 Å². The summed E-state index contributed by atoms with van der Waals surface area (Å²) in [6.45, 7) is 9.74. The summed E-state index contributed by atoms with van der Waals surface area (Å²) in [7, 11) is 0. The molecule has 158 valence electrons. The Kier molecular flexibility index (Phi) is 11.0. The Hall–Kier alpha value is -3.00. The molecule has 1 aromatic rings. The molecule has 0 fully saturated rings. The lowest BCUT2D eigenvalue weighted by atomic mass is 10.2. The van der Waals surface area contributed by atoms with Crippen LogP contribution in [0.15, 0.2) is 36.9 Å². The number of hydrogen-bond donors (Lipinski definition) is 1. The minimum Gasteiger partial charge on any atom is -0.461 e. The molecule has 0 heterocycles. The molecule has 1 aromatic carbocycles. The molecular formula is C21H28N2O6. The first kappa shape index (κ1) is 24.0. The molecule has 29 heavy (non-hydrogen) atoms. The van der Waals surface area contributed by atoms with Crippen molar-refractivity contribution in [1.29, 1.82) is 0 Å². The van der Waals surface area contributed by atoms with Crippen molar-refractivity contribution >= 4 is 29.3 Å². The van der Waals surface area contributed by atoms with Crippen LogP contribution in [-0.4, -0.2) is 61.4 Å². The van der Waals surface area contributed by atoms with Gasteiger partial charge in [0.25, 0.3) is 0 Å². The van der Waals surface area contributed by atoms with Crippen LogP contribution in [0.4, 0.5) is 10.5 Å². The second kappa shape index (κ2) is 13.2. The molecule has 1 N–H and O–H groups in total. The zero-order valence-corrected chi connectivity index (χ0v) is 16.9. The van der Waals surface area contributed by atoms with Gasteiger partial charge in [-0.1, -0.05) is 20.4 Å². The van der Waals surface area contributed by atoms with E-state index in [0.717, 1.165) is 19.2 Å². The maximum atomic E-state index is 12.0. The van der Waals surface area contributed by atoms with Crippen molar-refractivity contribution < 1.29 is 28.7 Å². The number of esters is 1. The van der Waals surface area contributed by atoms with Gasteiger partial charge in [-0.25, -0.2) is 9.59 Å². The summed E-state index contributed by atoms with van der Waals surface area (Å²) in [6, 6.07) is 6.13. The molecule has 0 aliphatic heterocycles. The molecule has 0 radical (unpaired) electrons. The van der Waals surface area contributed by atoms with Crippen molar-refractivity contribution in [2.45, 2.75) is 26.7 Å². The van der Waals surface area contributed by atoms with Crippen LogP contribution in [0.5, 0.6) is 0 Å². The molecule has 1 rings (SSSR count). The number of carbonyl (C=O) groups is 4. The van der Waals surface area contributed by atoms with Crippen LogP contribution in [0.25, 0.3) is 0 Å². The summed E-state index contributed by atoms with van der Waals surface area (Å²) in [5, 5.41) is 2.46. The standard InChI is InChI=1S/C21H28N2O6/c1-4-18(24)11-12-19(25)15-29-21(27)22-17-9-7-16(8-10-17)20(26)28-14-13-23(5-2)6-3/h4,7-10H,1,5-6,11-15H2,2-3H3,(H,22,27). The van der Waals surface area contributed by atoms with Crippen LogP contribution in [0.2, 0.25) is 0 Å². The van der Waals surface area contributed by atoms with E-state index >= 15 is 0 Å². The fraction of sp³-hybridized carbons (Fsp3) is 0.429. The van der Waals surface area contributed by atoms with Crippen molar-refractivity contribution in [3.63, 3.8) is 0 Å². The van der Waals surface area contributed by atoms with Crippen molar-refractivity contribution in [2.75, 3.05) is 38.2 Å². The molecule has 0 aliphatic carbocycles. The average molecular weight is 404 g/mol. The van der Waals surface area contributed by atoms with Gasteiger partial charge in [-0.2, -0.15) is 0 Å². The summed E-state index contributed by atoms with van der Waals surface area (Å²) in [5.41, 5.74) is 0.773. The van der Waals surface area contributed by atoms with E-state index < -0.39 is 18.7 Å². The third kappa shape index (κ3) is 9.66. The lowest BCUT2D eigenvalue weighted by Crippen LogP contribution is -2.27. The molecule has 8 nitrogen and oxygen atoms in total. The number of ether oxygens (including phenoxy) is 2. The van der Waals surface area contributed by atoms with Crippen LogP contribution < -0.4 is 5.32 Å². The quantitative estimate of drug-likeness (QED) is 0.398. The van der Waals surface area contributed by atoms with Gasteiger partial charge < -0.3 is 14.4 Å². The molecule has 0 unspecified atom stereocenters. The molecule has 0 atom stereocenters. The highest BCUT2D eigenvalue weighted by atomic mass is 16.6. The van der Waals surface area contributed by atoms with Crippen molar-refractivity contribution in [3.05, 3.63) is 42.5 Å². The number of ketones is 2. The van der Waals surface area contributed by atoms with Gasteiger partial charge in [-0.3, -0.25) is 14.9 Å². The number of allylic oxidation sites excluding steroid dienone is 1. The van der Waals surface area contributed by atoms with Crippen LogP contribution in [0.3, 0.4) is 0 Å². The van der Waals surface area contributed by atoms with Crippen LogP contribution in [0.1, 0.15) is 37.0 Å². The highest BCUT2D eigenvalue weighted by Gasteiger charge is 2.11. The lowest BCUT2D eigenvalue weighted by Gasteiger charge is -2.17. The smallest absolute Gasteiger partial charge is 0.412 e. The topological polar surface area (TPSA) is 102 Å². The third-order valence-corrected chi connectivity index (χ3v) is 4.14. The Balaban J connectivity index is 2.38. The predicted octanol–water partition coefficient (Wildman–Crippen LogP) is 2.84. The Labute approximate surface area is 170 Å². The SMILES string of the molecule is C=CC(=O)CCC(=O)COC(=O)Nc1ccc(C(=O)OCCN(CC)CC)cc1. The molecule has 0 bridgehead atoms. The summed E-state index contributed by atoms with van der Waals surface area (Å²) < 4.78 is 10.1. The van der Waals surface area contributed by atoms with E-state index in [4.69, 9.17) is 9.47 Å². The van der Waals surface area contributed by atoms with Gasteiger partial charge in [0.2, 0.25) is 0 Å². The summed E-state index contributed by atoms with van der Waals surface area (Å²) in [5.74, 6) is -1.04. The first-order valence-corrected chi connectivity index (χ1v) is 9.49. The Morgan fingerprint density at radius 2 is 1.69 bits per heavy atom. The highest BCUT2D eigenvalue weighted by Crippen LogP contribution is 2.11. The van der Waals surface area contributed by atoms with Crippen molar-refractivity contribution in [1.82, 2.24) is 4.90 Å². The predicted molar refractivity (Wildman–Crippen MR) is 109 cm³/mol. The largest absolute Gasteiger partial charge is 0.461 e. The average Bonchev–Trinajstić information content (AvgIpc) is 2.73. The molecule has 0 aromatic heterocycles. The highest BCUT2D eigenvalue weighted by molar-refractivity contribution is 5.94. The fourth-order valence-corrected chi connectivity index (χ4v) is 2.32. The zero-order valence-electron chi connectivity index (χ0n) is 16.9.